The highest BCUT2D eigenvalue weighted by Crippen LogP contribution is 2.42. The Kier molecular flexibility index (Phi) is 5.88. The largest absolute Gasteiger partial charge is 0.493 e. The molecule has 1 saturated carbocycles. The standard InChI is InChI=1S/C18H27NO4/c1-21-15-9-13(10-16(22-2)17(15)23-3)14(20)11-18(12-19)7-5-4-6-8-18/h9-10H,4-8,11-12,19H2,1-3H3. The zero-order valence-corrected chi connectivity index (χ0v) is 14.3. The Morgan fingerprint density at radius 3 is 2.04 bits per heavy atom. The molecule has 2 rings (SSSR count). The van der Waals surface area contributed by atoms with Crippen LogP contribution in [0.4, 0.5) is 0 Å². The summed E-state index contributed by atoms with van der Waals surface area (Å²) in [6, 6.07) is 3.44. The number of rotatable bonds is 7. The van der Waals surface area contributed by atoms with Gasteiger partial charge in [-0.05, 0) is 36.9 Å². The third-order valence-electron chi connectivity index (χ3n) is 4.87. The van der Waals surface area contributed by atoms with E-state index in [0.29, 0.717) is 35.8 Å². The molecule has 0 aliphatic heterocycles. The lowest BCUT2D eigenvalue weighted by Crippen LogP contribution is -2.35. The molecule has 1 aromatic carbocycles. The van der Waals surface area contributed by atoms with Gasteiger partial charge in [-0.15, -0.1) is 0 Å². The minimum atomic E-state index is -0.0598. The Morgan fingerprint density at radius 1 is 1.04 bits per heavy atom. The summed E-state index contributed by atoms with van der Waals surface area (Å²) in [7, 11) is 4.65. The van der Waals surface area contributed by atoms with E-state index in [-0.39, 0.29) is 11.2 Å². The van der Waals surface area contributed by atoms with Crippen molar-refractivity contribution in [1.29, 1.82) is 0 Å². The number of ketones is 1. The second-order valence-corrected chi connectivity index (χ2v) is 6.28. The maximum atomic E-state index is 12.8. The first-order valence-electron chi connectivity index (χ1n) is 8.12. The van der Waals surface area contributed by atoms with Gasteiger partial charge in [-0.3, -0.25) is 4.79 Å². The topological polar surface area (TPSA) is 70.8 Å². The van der Waals surface area contributed by atoms with E-state index in [1.165, 1.54) is 6.42 Å². The van der Waals surface area contributed by atoms with Gasteiger partial charge in [0.15, 0.2) is 17.3 Å². The first kappa shape index (κ1) is 17.6. The van der Waals surface area contributed by atoms with Gasteiger partial charge in [0, 0.05) is 12.0 Å². The van der Waals surface area contributed by atoms with Gasteiger partial charge in [0.25, 0.3) is 0 Å². The molecule has 0 spiro atoms. The summed E-state index contributed by atoms with van der Waals surface area (Å²) >= 11 is 0. The number of Topliss-reactive ketones (excluding diaryl/α,β-unsaturated/α-hetero) is 1. The number of methoxy groups -OCH3 is 3. The van der Waals surface area contributed by atoms with Crippen LogP contribution < -0.4 is 19.9 Å². The first-order valence-corrected chi connectivity index (χ1v) is 8.12. The maximum Gasteiger partial charge on any atom is 0.203 e. The quantitative estimate of drug-likeness (QED) is 0.781. The van der Waals surface area contributed by atoms with Crippen LogP contribution in [-0.4, -0.2) is 33.7 Å². The van der Waals surface area contributed by atoms with Crippen molar-refractivity contribution in [3.63, 3.8) is 0 Å². The van der Waals surface area contributed by atoms with Gasteiger partial charge in [0.05, 0.1) is 21.3 Å². The number of hydrogen-bond donors (Lipinski definition) is 1. The zero-order valence-electron chi connectivity index (χ0n) is 14.3. The van der Waals surface area contributed by atoms with E-state index in [1.807, 2.05) is 0 Å². The van der Waals surface area contributed by atoms with Crippen LogP contribution in [0.15, 0.2) is 12.1 Å². The Bertz CT molecular complexity index is 525. The molecule has 0 aromatic heterocycles. The Labute approximate surface area is 138 Å². The van der Waals surface area contributed by atoms with E-state index in [0.717, 1.165) is 25.7 Å². The fraction of sp³-hybridized carbons (Fsp3) is 0.611. The van der Waals surface area contributed by atoms with E-state index in [1.54, 1.807) is 33.5 Å². The molecule has 1 fully saturated rings. The van der Waals surface area contributed by atoms with E-state index in [4.69, 9.17) is 19.9 Å². The van der Waals surface area contributed by atoms with Crippen molar-refractivity contribution in [3.05, 3.63) is 17.7 Å². The molecule has 1 aliphatic rings. The number of ether oxygens (including phenoxy) is 3. The summed E-state index contributed by atoms with van der Waals surface area (Å²) in [5, 5.41) is 0. The predicted molar refractivity (Wildman–Crippen MR) is 89.6 cm³/mol. The molecule has 0 radical (unpaired) electrons. The minimum Gasteiger partial charge on any atom is -0.493 e. The van der Waals surface area contributed by atoms with Crippen LogP contribution in [0.2, 0.25) is 0 Å². The van der Waals surface area contributed by atoms with Crippen molar-refractivity contribution in [2.75, 3.05) is 27.9 Å². The van der Waals surface area contributed by atoms with Crippen LogP contribution in [0.3, 0.4) is 0 Å². The van der Waals surface area contributed by atoms with Gasteiger partial charge in [0.2, 0.25) is 5.75 Å². The SMILES string of the molecule is COc1cc(C(=O)CC2(CN)CCCCC2)cc(OC)c1OC. The normalized spacial score (nSPS) is 16.7. The fourth-order valence-corrected chi connectivity index (χ4v) is 3.44. The fourth-order valence-electron chi connectivity index (χ4n) is 3.44. The number of benzene rings is 1. The number of carbonyl (C=O) groups is 1. The molecule has 2 N–H and O–H groups in total. The highest BCUT2D eigenvalue weighted by atomic mass is 16.5. The summed E-state index contributed by atoms with van der Waals surface area (Å²) in [5.74, 6) is 1.58. The molecule has 23 heavy (non-hydrogen) atoms. The van der Waals surface area contributed by atoms with Crippen LogP contribution in [0.5, 0.6) is 17.2 Å². The van der Waals surface area contributed by atoms with Gasteiger partial charge in [0.1, 0.15) is 0 Å². The van der Waals surface area contributed by atoms with Crippen molar-refractivity contribution in [1.82, 2.24) is 0 Å². The smallest absolute Gasteiger partial charge is 0.203 e. The average molecular weight is 321 g/mol. The second kappa shape index (κ2) is 7.68. The third kappa shape index (κ3) is 3.78. The lowest BCUT2D eigenvalue weighted by Gasteiger charge is -2.35. The second-order valence-electron chi connectivity index (χ2n) is 6.28. The van der Waals surface area contributed by atoms with Crippen LogP contribution in [0.25, 0.3) is 0 Å². The van der Waals surface area contributed by atoms with Crippen LogP contribution >= 0.6 is 0 Å². The average Bonchev–Trinajstić information content (AvgIpc) is 2.60. The summed E-state index contributed by atoms with van der Waals surface area (Å²) in [5.41, 5.74) is 6.52. The van der Waals surface area contributed by atoms with E-state index in [9.17, 15) is 4.79 Å². The molecule has 0 atom stereocenters. The van der Waals surface area contributed by atoms with Gasteiger partial charge in [-0.2, -0.15) is 0 Å². The number of carbonyl (C=O) groups excluding carboxylic acids is 1. The zero-order chi connectivity index (χ0) is 16.9. The van der Waals surface area contributed by atoms with E-state index >= 15 is 0 Å². The summed E-state index contributed by atoms with van der Waals surface area (Å²) in [4.78, 5) is 12.8. The molecular weight excluding hydrogens is 294 g/mol. The Morgan fingerprint density at radius 2 is 1.61 bits per heavy atom. The Hall–Kier alpha value is -1.75. The van der Waals surface area contributed by atoms with Crippen LogP contribution in [0.1, 0.15) is 48.9 Å². The molecule has 128 valence electrons. The van der Waals surface area contributed by atoms with Gasteiger partial charge in [-0.25, -0.2) is 0 Å². The minimum absolute atomic E-state index is 0.0598. The summed E-state index contributed by atoms with van der Waals surface area (Å²) in [6.45, 7) is 0.559. The first-order chi connectivity index (χ1) is 11.1. The molecule has 0 bridgehead atoms. The van der Waals surface area contributed by atoms with Gasteiger partial charge in [-0.1, -0.05) is 19.3 Å². The highest BCUT2D eigenvalue weighted by molar-refractivity contribution is 5.97. The van der Waals surface area contributed by atoms with Gasteiger partial charge >= 0.3 is 0 Å². The molecular formula is C18H27NO4. The maximum absolute atomic E-state index is 12.8. The summed E-state index contributed by atoms with van der Waals surface area (Å²) < 4.78 is 16.0. The molecule has 0 unspecified atom stereocenters. The molecule has 0 saturated heterocycles. The van der Waals surface area contributed by atoms with E-state index < -0.39 is 0 Å². The number of nitrogens with two attached hydrogens (primary N) is 1. The molecule has 1 aliphatic carbocycles. The Balaban J connectivity index is 2.28. The summed E-state index contributed by atoms with van der Waals surface area (Å²) in [6.07, 6.45) is 6.07. The monoisotopic (exact) mass is 321 g/mol. The van der Waals surface area contributed by atoms with Gasteiger partial charge < -0.3 is 19.9 Å². The van der Waals surface area contributed by atoms with Crippen molar-refractivity contribution in [2.45, 2.75) is 38.5 Å². The molecule has 0 amide bonds. The molecule has 0 heterocycles. The van der Waals surface area contributed by atoms with Crippen molar-refractivity contribution < 1.29 is 19.0 Å². The third-order valence-corrected chi connectivity index (χ3v) is 4.87. The van der Waals surface area contributed by atoms with Crippen molar-refractivity contribution in [2.24, 2.45) is 11.1 Å². The highest BCUT2D eigenvalue weighted by Gasteiger charge is 2.33. The van der Waals surface area contributed by atoms with Crippen molar-refractivity contribution >= 4 is 5.78 Å². The lowest BCUT2D eigenvalue weighted by atomic mass is 9.70. The van der Waals surface area contributed by atoms with E-state index in [2.05, 4.69) is 0 Å². The van der Waals surface area contributed by atoms with Crippen LogP contribution in [0, 0.1) is 5.41 Å². The molecule has 1 aromatic rings. The molecule has 5 heteroatoms. The van der Waals surface area contributed by atoms with Crippen LogP contribution in [-0.2, 0) is 0 Å². The lowest BCUT2D eigenvalue weighted by molar-refractivity contribution is 0.0867. The van der Waals surface area contributed by atoms with Crippen molar-refractivity contribution in [3.8, 4) is 17.2 Å². The molecule has 5 nitrogen and oxygen atoms in total. The number of hydrogen-bond acceptors (Lipinski definition) is 5. The predicted octanol–water partition coefficient (Wildman–Crippen LogP) is 3.19.